The summed E-state index contributed by atoms with van der Waals surface area (Å²) in [7, 11) is 0. The van der Waals surface area contributed by atoms with Gasteiger partial charge in [-0.15, -0.1) is 0 Å². The Bertz CT molecular complexity index is 936. The average Bonchev–Trinajstić information content (AvgIpc) is 2.56. The number of halogens is 2. The molecule has 0 bridgehead atoms. The van der Waals surface area contributed by atoms with Crippen molar-refractivity contribution >= 4 is 40.4 Å². The van der Waals surface area contributed by atoms with Crippen LogP contribution < -0.4 is 5.56 Å². The molecular formula is C18H14Cl2N2O2. The molecule has 0 saturated carbocycles. The Morgan fingerprint density at radius 1 is 1.08 bits per heavy atom. The van der Waals surface area contributed by atoms with E-state index in [1.807, 2.05) is 12.1 Å². The molecule has 2 aromatic carbocycles. The third-order valence-corrected chi connectivity index (χ3v) is 4.37. The Morgan fingerprint density at radius 2 is 1.79 bits per heavy atom. The highest BCUT2D eigenvalue weighted by atomic mass is 35.5. The number of benzene rings is 2. The van der Waals surface area contributed by atoms with Gasteiger partial charge >= 0.3 is 0 Å². The Balaban J connectivity index is 1.96. The van der Waals surface area contributed by atoms with E-state index in [1.165, 1.54) is 0 Å². The first-order valence-corrected chi connectivity index (χ1v) is 8.20. The molecule has 0 saturated heterocycles. The first-order valence-electron chi connectivity index (χ1n) is 7.44. The van der Waals surface area contributed by atoms with Crippen LogP contribution in [-0.4, -0.2) is 16.3 Å². The number of carbonyl (C=O) groups is 1. The van der Waals surface area contributed by atoms with Crippen LogP contribution in [-0.2, 0) is 11.2 Å². The van der Waals surface area contributed by atoms with Gasteiger partial charge in [0.05, 0.1) is 10.9 Å². The predicted octanol–water partition coefficient (Wildman–Crippen LogP) is 4.15. The number of carbonyl (C=O) groups excluding carboxylic acids is 1. The molecule has 3 rings (SSSR count). The van der Waals surface area contributed by atoms with E-state index in [0.717, 1.165) is 11.8 Å². The number of aromatic amines is 1. The standard InChI is InChI=1S/C18H14Cl2N2O2/c19-13-3-1-11(2-4-13)12(7-8-23)9-17-21-16-6-5-14(20)10-15(16)18(24)22-17/h1-6,8,10,12H,7,9H2,(H,21,22,24). The van der Waals surface area contributed by atoms with Crippen LogP contribution >= 0.6 is 23.2 Å². The Hall–Kier alpha value is -2.17. The number of H-pyrrole nitrogens is 1. The van der Waals surface area contributed by atoms with E-state index in [0.29, 0.717) is 39.6 Å². The largest absolute Gasteiger partial charge is 0.310 e. The van der Waals surface area contributed by atoms with Gasteiger partial charge in [0.25, 0.3) is 5.56 Å². The van der Waals surface area contributed by atoms with Gasteiger partial charge < -0.3 is 9.78 Å². The van der Waals surface area contributed by atoms with Gasteiger partial charge in [0.15, 0.2) is 0 Å². The molecule has 122 valence electrons. The molecule has 1 unspecified atom stereocenters. The second-order valence-electron chi connectivity index (χ2n) is 5.53. The lowest BCUT2D eigenvalue weighted by Crippen LogP contribution is -2.15. The van der Waals surface area contributed by atoms with E-state index < -0.39 is 0 Å². The highest BCUT2D eigenvalue weighted by Crippen LogP contribution is 2.24. The summed E-state index contributed by atoms with van der Waals surface area (Å²) in [5, 5.41) is 1.57. The number of hydrogen-bond acceptors (Lipinski definition) is 3. The van der Waals surface area contributed by atoms with Crippen molar-refractivity contribution in [3.63, 3.8) is 0 Å². The Labute approximate surface area is 148 Å². The van der Waals surface area contributed by atoms with Crippen molar-refractivity contribution in [1.82, 2.24) is 9.97 Å². The van der Waals surface area contributed by atoms with Crippen molar-refractivity contribution in [3.05, 3.63) is 74.3 Å². The molecule has 1 N–H and O–H groups in total. The van der Waals surface area contributed by atoms with Crippen LogP contribution in [0.4, 0.5) is 0 Å². The second-order valence-corrected chi connectivity index (χ2v) is 6.40. The van der Waals surface area contributed by atoms with E-state index in [4.69, 9.17) is 23.2 Å². The van der Waals surface area contributed by atoms with Crippen molar-refractivity contribution in [2.24, 2.45) is 0 Å². The molecular weight excluding hydrogens is 347 g/mol. The third kappa shape index (κ3) is 3.66. The summed E-state index contributed by atoms with van der Waals surface area (Å²) >= 11 is 11.8. The fourth-order valence-electron chi connectivity index (χ4n) is 2.68. The summed E-state index contributed by atoms with van der Waals surface area (Å²) in [6.45, 7) is 0. The first-order chi connectivity index (χ1) is 11.6. The van der Waals surface area contributed by atoms with E-state index in [1.54, 1.807) is 30.3 Å². The predicted molar refractivity (Wildman–Crippen MR) is 96.0 cm³/mol. The van der Waals surface area contributed by atoms with Gasteiger partial charge in [-0.05, 0) is 41.8 Å². The van der Waals surface area contributed by atoms with Gasteiger partial charge in [-0.1, -0.05) is 35.3 Å². The van der Waals surface area contributed by atoms with Gasteiger partial charge in [-0.2, -0.15) is 0 Å². The Kier molecular flexibility index (Phi) is 4.97. The average molecular weight is 361 g/mol. The summed E-state index contributed by atoms with van der Waals surface area (Å²) in [4.78, 5) is 30.5. The summed E-state index contributed by atoms with van der Waals surface area (Å²) in [5.74, 6) is 0.462. The molecule has 6 heteroatoms. The molecule has 1 atom stereocenters. The van der Waals surface area contributed by atoms with Crippen LogP contribution in [0, 0.1) is 0 Å². The number of nitrogens with one attached hydrogen (secondary N) is 1. The van der Waals surface area contributed by atoms with Crippen LogP contribution in [0.5, 0.6) is 0 Å². The number of aldehydes is 1. The maximum atomic E-state index is 12.2. The number of fused-ring (bicyclic) bond motifs is 1. The van der Waals surface area contributed by atoms with E-state index in [2.05, 4.69) is 9.97 Å². The van der Waals surface area contributed by atoms with Crippen LogP contribution in [0.3, 0.4) is 0 Å². The molecule has 24 heavy (non-hydrogen) atoms. The summed E-state index contributed by atoms with van der Waals surface area (Å²) in [6, 6.07) is 12.3. The van der Waals surface area contributed by atoms with Gasteiger partial charge in [-0.3, -0.25) is 4.79 Å². The van der Waals surface area contributed by atoms with Crippen molar-refractivity contribution in [2.75, 3.05) is 0 Å². The first kappa shape index (κ1) is 16.7. The van der Waals surface area contributed by atoms with Gasteiger partial charge in [-0.25, -0.2) is 4.98 Å². The smallest absolute Gasteiger partial charge is 0.258 e. The molecule has 0 aliphatic rings. The number of aromatic nitrogens is 2. The molecule has 0 aliphatic heterocycles. The molecule has 0 spiro atoms. The Morgan fingerprint density at radius 3 is 2.50 bits per heavy atom. The molecule has 0 fully saturated rings. The van der Waals surface area contributed by atoms with Crippen LogP contribution in [0.25, 0.3) is 10.9 Å². The molecule has 4 nitrogen and oxygen atoms in total. The fraction of sp³-hybridized carbons (Fsp3) is 0.167. The van der Waals surface area contributed by atoms with Crippen LogP contribution in [0.15, 0.2) is 47.3 Å². The lowest BCUT2D eigenvalue weighted by Gasteiger charge is -2.14. The number of hydrogen-bond donors (Lipinski definition) is 1. The fourth-order valence-corrected chi connectivity index (χ4v) is 2.98. The summed E-state index contributed by atoms with van der Waals surface area (Å²) in [5.41, 5.74) is 1.32. The van der Waals surface area contributed by atoms with Crippen molar-refractivity contribution in [3.8, 4) is 0 Å². The zero-order valence-corrected chi connectivity index (χ0v) is 14.1. The van der Waals surface area contributed by atoms with E-state index in [-0.39, 0.29) is 11.5 Å². The maximum absolute atomic E-state index is 12.2. The zero-order chi connectivity index (χ0) is 17.1. The maximum Gasteiger partial charge on any atom is 0.258 e. The SMILES string of the molecule is O=CCC(Cc1nc2ccc(Cl)cc2c(=O)[nH]1)c1ccc(Cl)cc1. The number of nitrogens with zero attached hydrogens (tertiary/aromatic N) is 1. The molecule has 0 amide bonds. The molecule has 0 radical (unpaired) electrons. The minimum Gasteiger partial charge on any atom is -0.310 e. The van der Waals surface area contributed by atoms with Crippen LogP contribution in [0.2, 0.25) is 10.0 Å². The van der Waals surface area contributed by atoms with Crippen molar-refractivity contribution in [1.29, 1.82) is 0 Å². The lowest BCUT2D eigenvalue weighted by atomic mass is 9.93. The molecule has 3 aromatic rings. The van der Waals surface area contributed by atoms with Crippen LogP contribution in [0.1, 0.15) is 23.7 Å². The quantitative estimate of drug-likeness (QED) is 0.695. The monoisotopic (exact) mass is 360 g/mol. The van der Waals surface area contributed by atoms with Gasteiger partial charge in [0.1, 0.15) is 12.1 Å². The minimum absolute atomic E-state index is 0.0762. The second kappa shape index (κ2) is 7.16. The minimum atomic E-state index is -0.238. The van der Waals surface area contributed by atoms with Gasteiger partial charge in [0.2, 0.25) is 0 Å². The topological polar surface area (TPSA) is 62.8 Å². The highest BCUT2D eigenvalue weighted by molar-refractivity contribution is 6.31. The molecule has 1 aromatic heterocycles. The normalized spacial score (nSPS) is 12.2. The van der Waals surface area contributed by atoms with Crippen molar-refractivity contribution < 1.29 is 4.79 Å². The van der Waals surface area contributed by atoms with Gasteiger partial charge in [0, 0.05) is 22.9 Å². The lowest BCUT2D eigenvalue weighted by molar-refractivity contribution is -0.108. The highest BCUT2D eigenvalue weighted by Gasteiger charge is 2.15. The summed E-state index contributed by atoms with van der Waals surface area (Å²) in [6.07, 6.45) is 1.66. The molecule has 0 aliphatic carbocycles. The third-order valence-electron chi connectivity index (χ3n) is 3.88. The summed E-state index contributed by atoms with van der Waals surface area (Å²) < 4.78 is 0. The molecule has 1 heterocycles. The number of rotatable bonds is 5. The van der Waals surface area contributed by atoms with E-state index >= 15 is 0 Å². The van der Waals surface area contributed by atoms with E-state index in [9.17, 15) is 9.59 Å². The zero-order valence-electron chi connectivity index (χ0n) is 12.6. The van der Waals surface area contributed by atoms with Crippen molar-refractivity contribution in [2.45, 2.75) is 18.8 Å².